The van der Waals surface area contributed by atoms with Gasteiger partial charge in [0.1, 0.15) is 5.52 Å². The summed E-state index contributed by atoms with van der Waals surface area (Å²) in [6.45, 7) is 4.98. The average Bonchev–Trinajstić information content (AvgIpc) is 3.02. The molecule has 4 N–H and O–H groups in total. The minimum absolute atomic E-state index is 0.0415. The maximum Gasteiger partial charge on any atom is 0.222 e. The SMILES string of the molecule is CCC(C)C(CO)Nc1nc(N)nc2ccn(Cc3ccccc3)c12. The highest BCUT2D eigenvalue weighted by molar-refractivity contribution is 5.87. The monoisotopic (exact) mass is 339 g/mol. The first-order chi connectivity index (χ1) is 12.1. The molecule has 132 valence electrons. The van der Waals surface area contributed by atoms with Crippen LogP contribution >= 0.6 is 0 Å². The number of fused-ring (bicyclic) bond motifs is 1. The molecular formula is C19H25N5O. The summed E-state index contributed by atoms with van der Waals surface area (Å²) >= 11 is 0. The molecule has 2 aromatic heterocycles. The molecule has 25 heavy (non-hydrogen) atoms. The topological polar surface area (TPSA) is 89.0 Å². The molecule has 0 radical (unpaired) electrons. The van der Waals surface area contributed by atoms with E-state index in [1.807, 2.05) is 30.5 Å². The molecule has 2 unspecified atom stereocenters. The van der Waals surface area contributed by atoms with Crippen LogP contribution in [0.4, 0.5) is 11.8 Å². The summed E-state index contributed by atoms with van der Waals surface area (Å²) in [6.07, 6.45) is 2.96. The Balaban J connectivity index is 2.00. The Labute approximate surface area is 147 Å². The predicted molar refractivity (Wildman–Crippen MR) is 101 cm³/mol. The Morgan fingerprint density at radius 3 is 2.64 bits per heavy atom. The number of aliphatic hydroxyl groups excluding tert-OH is 1. The number of nitrogens with two attached hydrogens (primary N) is 1. The molecule has 6 heteroatoms. The number of nitrogens with zero attached hydrogens (tertiary/aromatic N) is 3. The van der Waals surface area contributed by atoms with Gasteiger partial charge in [0.05, 0.1) is 18.2 Å². The van der Waals surface area contributed by atoms with Crippen molar-refractivity contribution in [3.05, 3.63) is 48.2 Å². The molecular weight excluding hydrogens is 314 g/mol. The van der Waals surface area contributed by atoms with Crippen LogP contribution < -0.4 is 11.1 Å². The van der Waals surface area contributed by atoms with Gasteiger partial charge in [-0.05, 0) is 17.5 Å². The Kier molecular flexibility index (Phi) is 5.19. The van der Waals surface area contributed by atoms with Crippen molar-refractivity contribution in [1.29, 1.82) is 0 Å². The Hall–Kier alpha value is -2.60. The Morgan fingerprint density at radius 2 is 1.96 bits per heavy atom. The van der Waals surface area contributed by atoms with E-state index in [4.69, 9.17) is 5.73 Å². The fourth-order valence-corrected chi connectivity index (χ4v) is 2.97. The summed E-state index contributed by atoms with van der Waals surface area (Å²) < 4.78 is 2.11. The largest absolute Gasteiger partial charge is 0.394 e. The summed E-state index contributed by atoms with van der Waals surface area (Å²) in [6, 6.07) is 12.1. The van der Waals surface area contributed by atoms with E-state index in [0.29, 0.717) is 11.7 Å². The van der Waals surface area contributed by atoms with Gasteiger partial charge in [0.2, 0.25) is 5.95 Å². The highest BCUT2D eigenvalue weighted by Crippen LogP contribution is 2.25. The van der Waals surface area contributed by atoms with Crippen LogP contribution in [0.2, 0.25) is 0 Å². The number of aliphatic hydroxyl groups is 1. The van der Waals surface area contributed by atoms with Crippen LogP contribution in [0.1, 0.15) is 25.8 Å². The maximum absolute atomic E-state index is 9.74. The first kappa shape index (κ1) is 17.2. The average molecular weight is 339 g/mol. The smallest absolute Gasteiger partial charge is 0.222 e. The van der Waals surface area contributed by atoms with Crippen molar-refractivity contribution in [2.45, 2.75) is 32.9 Å². The second-order valence-electron chi connectivity index (χ2n) is 6.41. The number of hydrogen-bond acceptors (Lipinski definition) is 5. The van der Waals surface area contributed by atoms with Crippen molar-refractivity contribution in [1.82, 2.24) is 14.5 Å². The van der Waals surface area contributed by atoms with Crippen molar-refractivity contribution < 1.29 is 5.11 Å². The van der Waals surface area contributed by atoms with Gasteiger partial charge in [-0.25, -0.2) is 4.98 Å². The van der Waals surface area contributed by atoms with E-state index in [1.54, 1.807) is 0 Å². The van der Waals surface area contributed by atoms with Gasteiger partial charge in [-0.1, -0.05) is 50.6 Å². The molecule has 2 atom stereocenters. The van der Waals surface area contributed by atoms with Crippen LogP contribution in [-0.2, 0) is 6.54 Å². The van der Waals surface area contributed by atoms with Crippen molar-refractivity contribution >= 4 is 22.8 Å². The van der Waals surface area contributed by atoms with Crippen LogP contribution in [0.3, 0.4) is 0 Å². The highest BCUT2D eigenvalue weighted by Gasteiger charge is 2.19. The molecule has 2 heterocycles. The van der Waals surface area contributed by atoms with Gasteiger partial charge in [-0.2, -0.15) is 4.98 Å². The van der Waals surface area contributed by atoms with Gasteiger partial charge in [0.15, 0.2) is 5.82 Å². The first-order valence-corrected chi connectivity index (χ1v) is 8.66. The fourth-order valence-electron chi connectivity index (χ4n) is 2.97. The van der Waals surface area contributed by atoms with Crippen molar-refractivity contribution in [3.63, 3.8) is 0 Å². The summed E-state index contributed by atoms with van der Waals surface area (Å²) in [7, 11) is 0. The van der Waals surface area contributed by atoms with E-state index in [1.165, 1.54) is 5.56 Å². The van der Waals surface area contributed by atoms with Crippen LogP contribution in [0, 0.1) is 5.92 Å². The van der Waals surface area contributed by atoms with Crippen LogP contribution in [-0.4, -0.2) is 32.3 Å². The van der Waals surface area contributed by atoms with Crippen molar-refractivity contribution in [2.24, 2.45) is 5.92 Å². The lowest BCUT2D eigenvalue weighted by Crippen LogP contribution is -2.31. The molecule has 6 nitrogen and oxygen atoms in total. The number of hydrogen-bond donors (Lipinski definition) is 3. The van der Waals surface area contributed by atoms with Gasteiger partial charge in [-0.3, -0.25) is 0 Å². The molecule has 0 aliphatic rings. The maximum atomic E-state index is 9.74. The van der Waals surface area contributed by atoms with E-state index in [2.05, 4.69) is 45.8 Å². The zero-order valence-corrected chi connectivity index (χ0v) is 14.7. The first-order valence-electron chi connectivity index (χ1n) is 8.66. The summed E-state index contributed by atoms with van der Waals surface area (Å²) in [5.74, 6) is 1.21. The molecule has 0 amide bonds. The van der Waals surface area contributed by atoms with Gasteiger partial charge in [-0.15, -0.1) is 0 Å². The second kappa shape index (κ2) is 7.53. The minimum atomic E-state index is -0.0809. The van der Waals surface area contributed by atoms with E-state index >= 15 is 0 Å². The fraction of sp³-hybridized carbons (Fsp3) is 0.368. The number of anilines is 2. The number of aromatic nitrogens is 3. The minimum Gasteiger partial charge on any atom is -0.394 e. The third-order valence-electron chi connectivity index (χ3n) is 4.67. The van der Waals surface area contributed by atoms with E-state index < -0.39 is 0 Å². The molecule has 3 aromatic rings. The lowest BCUT2D eigenvalue weighted by atomic mass is 10.00. The van der Waals surface area contributed by atoms with Crippen molar-refractivity contribution in [3.8, 4) is 0 Å². The molecule has 0 saturated heterocycles. The van der Waals surface area contributed by atoms with Gasteiger partial charge >= 0.3 is 0 Å². The zero-order valence-electron chi connectivity index (χ0n) is 14.7. The standard InChI is InChI=1S/C19H25N5O/c1-3-13(2)16(12-25)21-18-17-15(22-19(20)23-18)9-10-24(17)11-14-7-5-4-6-8-14/h4-10,13,16,25H,3,11-12H2,1-2H3,(H3,20,21,22,23). The molecule has 1 aromatic carbocycles. The summed E-state index contributed by atoms with van der Waals surface area (Å²) in [4.78, 5) is 8.74. The van der Waals surface area contributed by atoms with Crippen LogP contribution in [0.5, 0.6) is 0 Å². The molecule has 0 bridgehead atoms. The summed E-state index contributed by atoms with van der Waals surface area (Å²) in [5.41, 5.74) is 8.78. The van der Waals surface area contributed by atoms with Crippen LogP contribution in [0.25, 0.3) is 11.0 Å². The molecule has 3 rings (SSSR count). The van der Waals surface area contributed by atoms with Gasteiger partial charge in [0.25, 0.3) is 0 Å². The summed E-state index contributed by atoms with van der Waals surface area (Å²) in [5, 5.41) is 13.1. The number of benzene rings is 1. The zero-order chi connectivity index (χ0) is 17.8. The quantitative estimate of drug-likeness (QED) is 0.616. The molecule has 0 saturated carbocycles. The third-order valence-corrected chi connectivity index (χ3v) is 4.67. The lowest BCUT2D eigenvalue weighted by Gasteiger charge is -2.23. The van der Waals surface area contributed by atoms with E-state index in [0.717, 1.165) is 24.0 Å². The van der Waals surface area contributed by atoms with Crippen LogP contribution in [0.15, 0.2) is 42.6 Å². The van der Waals surface area contributed by atoms with Gasteiger partial charge in [0, 0.05) is 12.7 Å². The van der Waals surface area contributed by atoms with Crippen molar-refractivity contribution in [2.75, 3.05) is 17.7 Å². The van der Waals surface area contributed by atoms with E-state index in [-0.39, 0.29) is 18.6 Å². The normalized spacial score (nSPS) is 13.7. The molecule has 0 fully saturated rings. The molecule has 0 aliphatic carbocycles. The van der Waals surface area contributed by atoms with Gasteiger partial charge < -0.3 is 20.7 Å². The number of nitrogens with one attached hydrogen (secondary N) is 1. The predicted octanol–water partition coefficient (Wildman–Crippen LogP) is 2.88. The lowest BCUT2D eigenvalue weighted by molar-refractivity contribution is 0.241. The molecule has 0 aliphatic heterocycles. The highest BCUT2D eigenvalue weighted by atomic mass is 16.3. The second-order valence-corrected chi connectivity index (χ2v) is 6.41. The Bertz CT molecular complexity index is 830. The third kappa shape index (κ3) is 3.74. The number of rotatable bonds is 7. The Morgan fingerprint density at radius 1 is 1.20 bits per heavy atom. The molecule has 0 spiro atoms. The van der Waals surface area contributed by atoms with E-state index in [9.17, 15) is 5.11 Å². The number of nitrogen functional groups attached to an aromatic ring is 1.